The number of amides is 1. The van der Waals surface area contributed by atoms with Gasteiger partial charge in [0, 0.05) is 6.54 Å². The van der Waals surface area contributed by atoms with Gasteiger partial charge >= 0.3 is 0 Å². The van der Waals surface area contributed by atoms with Crippen LogP contribution in [0, 0.1) is 5.92 Å². The summed E-state index contributed by atoms with van der Waals surface area (Å²) >= 11 is 0. The molecular weight excluding hydrogens is 262 g/mol. The predicted molar refractivity (Wildman–Crippen MR) is 89.2 cm³/mol. The molecular formula is C17H35N3O. The van der Waals surface area contributed by atoms with Gasteiger partial charge in [0.25, 0.3) is 0 Å². The van der Waals surface area contributed by atoms with Gasteiger partial charge in [0.2, 0.25) is 5.91 Å². The maximum absolute atomic E-state index is 12.2. The van der Waals surface area contributed by atoms with E-state index in [-0.39, 0.29) is 5.91 Å². The molecule has 0 radical (unpaired) electrons. The van der Waals surface area contributed by atoms with Crippen molar-refractivity contribution in [3.05, 3.63) is 0 Å². The van der Waals surface area contributed by atoms with Crippen LogP contribution in [-0.4, -0.2) is 42.5 Å². The number of nitrogens with two attached hydrogens (primary N) is 1. The van der Waals surface area contributed by atoms with Crippen LogP contribution in [0.1, 0.15) is 65.7 Å². The Labute approximate surface area is 130 Å². The summed E-state index contributed by atoms with van der Waals surface area (Å²) in [6.07, 6.45) is 8.07. The zero-order valence-corrected chi connectivity index (χ0v) is 14.3. The van der Waals surface area contributed by atoms with E-state index < -0.39 is 5.54 Å². The number of rotatable bonds is 13. The van der Waals surface area contributed by atoms with E-state index in [0.717, 1.165) is 45.4 Å². The third-order valence-corrected chi connectivity index (χ3v) is 4.53. The van der Waals surface area contributed by atoms with E-state index in [1.807, 2.05) is 0 Å². The first-order chi connectivity index (χ1) is 10.1. The van der Waals surface area contributed by atoms with Gasteiger partial charge in [-0.25, -0.2) is 0 Å². The standard InChI is InChI=1S/C17H35N3O/c1-4-7-12-20(13-8-5-2)14-17(16(18)21,15-9-10-15)19-11-6-3/h15,19H,4-14H2,1-3H3,(H2,18,21). The van der Waals surface area contributed by atoms with Crippen molar-refractivity contribution in [1.82, 2.24) is 10.2 Å². The number of carbonyl (C=O) groups is 1. The highest BCUT2D eigenvalue weighted by Crippen LogP contribution is 2.40. The Kier molecular flexibility index (Phi) is 8.27. The number of unbranched alkanes of at least 4 members (excludes halogenated alkanes) is 2. The Bertz CT molecular complexity index is 296. The molecule has 1 unspecified atom stereocenters. The quantitative estimate of drug-likeness (QED) is 0.549. The fraction of sp³-hybridized carbons (Fsp3) is 0.941. The third kappa shape index (κ3) is 5.59. The van der Waals surface area contributed by atoms with Gasteiger partial charge in [-0.05, 0) is 57.7 Å². The van der Waals surface area contributed by atoms with Crippen molar-refractivity contribution >= 4 is 5.91 Å². The minimum absolute atomic E-state index is 0.156. The van der Waals surface area contributed by atoms with Crippen LogP contribution in [0.5, 0.6) is 0 Å². The molecule has 0 aromatic carbocycles. The van der Waals surface area contributed by atoms with Crippen molar-refractivity contribution in [2.75, 3.05) is 26.2 Å². The highest BCUT2D eigenvalue weighted by molar-refractivity contribution is 5.86. The molecule has 0 bridgehead atoms. The molecule has 0 saturated heterocycles. The highest BCUT2D eigenvalue weighted by Gasteiger charge is 2.50. The summed E-state index contributed by atoms with van der Waals surface area (Å²) in [6, 6.07) is 0. The Hall–Kier alpha value is -0.610. The molecule has 0 aromatic rings. The summed E-state index contributed by atoms with van der Waals surface area (Å²) in [5.41, 5.74) is 5.33. The Morgan fingerprint density at radius 1 is 1.14 bits per heavy atom. The van der Waals surface area contributed by atoms with E-state index in [2.05, 4.69) is 31.0 Å². The predicted octanol–water partition coefficient (Wildman–Crippen LogP) is 2.52. The van der Waals surface area contributed by atoms with Crippen molar-refractivity contribution in [3.63, 3.8) is 0 Å². The minimum atomic E-state index is -0.502. The first-order valence-corrected chi connectivity index (χ1v) is 8.88. The number of nitrogens with zero attached hydrogens (tertiary/aromatic N) is 1. The van der Waals surface area contributed by atoms with E-state index in [0.29, 0.717) is 5.92 Å². The molecule has 1 atom stereocenters. The van der Waals surface area contributed by atoms with Gasteiger partial charge in [0.05, 0.1) is 0 Å². The van der Waals surface area contributed by atoms with Crippen LogP contribution in [-0.2, 0) is 4.79 Å². The maximum Gasteiger partial charge on any atom is 0.239 e. The average molecular weight is 297 g/mol. The number of nitrogens with one attached hydrogen (secondary N) is 1. The van der Waals surface area contributed by atoms with Gasteiger partial charge in [0.1, 0.15) is 5.54 Å². The summed E-state index contributed by atoms with van der Waals surface area (Å²) < 4.78 is 0. The molecule has 21 heavy (non-hydrogen) atoms. The summed E-state index contributed by atoms with van der Waals surface area (Å²) in [5, 5.41) is 3.51. The second kappa shape index (κ2) is 9.42. The van der Waals surface area contributed by atoms with E-state index in [1.165, 1.54) is 25.7 Å². The number of hydrogen-bond acceptors (Lipinski definition) is 3. The molecule has 1 saturated carbocycles. The third-order valence-electron chi connectivity index (χ3n) is 4.53. The number of hydrogen-bond donors (Lipinski definition) is 2. The highest BCUT2D eigenvalue weighted by atomic mass is 16.1. The molecule has 124 valence electrons. The normalized spacial score (nSPS) is 17.9. The van der Waals surface area contributed by atoms with Gasteiger partial charge in [-0.3, -0.25) is 4.79 Å². The Morgan fingerprint density at radius 2 is 1.71 bits per heavy atom. The van der Waals surface area contributed by atoms with Crippen LogP contribution in [0.15, 0.2) is 0 Å². The molecule has 1 amide bonds. The fourth-order valence-electron chi connectivity index (χ4n) is 3.01. The molecule has 0 aromatic heterocycles. The molecule has 1 aliphatic rings. The van der Waals surface area contributed by atoms with Gasteiger partial charge in [-0.2, -0.15) is 0 Å². The first kappa shape index (κ1) is 18.4. The van der Waals surface area contributed by atoms with Crippen molar-refractivity contribution in [3.8, 4) is 0 Å². The zero-order chi connectivity index (χ0) is 15.7. The molecule has 0 heterocycles. The van der Waals surface area contributed by atoms with E-state index in [9.17, 15) is 4.79 Å². The second-order valence-corrected chi connectivity index (χ2v) is 6.52. The molecule has 3 N–H and O–H groups in total. The minimum Gasteiger partial charge on any atom is -0.368 e. The van der Waals surface area contributed by atoms with Crippen molar-refractivity contribution in [2.24, 2.45) is 11.7 Å². The van der Waals surface area contributed by atoms with Crippen LogP contribution < -0.4 is 11.1 Å². The van der Waals surface area contributed by atoms with Gasteiger partial charge in [0.15, 0.2) is 0 Å². The van der Waals surface area contributed by atoms with Crippen LogP contribution in [0.2, 0.25) is 0 Å². The lowest BCUT2D eigenvalue weighted by molar-refractivity contribution is -0.126. The van der Waals surface area contributed by atoms with Gasteiger partial charge in [-0.1, -0.05) is 33.6 Å². The molecule has 4 heteroatoms. The van der Waals surface area contributed by atoms with Crippen LogP contribution >= 0.6 is 0 Å². The lowest BCUT2D eigenvalue weighted by Gasteiger charge is -2.37. The van der Waals surface area contributed by atoms with Crippen molar-refractivity contribution < 1.29 is 4.79 Å². The smallest absolute Gasteiger partial charge is 0.239 e. The van der Waals surface area contributed by atoms with Crippen LogP contribution in [0.25, 0.3) is 0 Å². The maximum atomic E-state index is 12.2. The number of carbonyl (C=O) groups excluding carboxylic acids is 1. The molecule has 1 fully saturated rings. The lowest BCUT2D eigenvalue weighted by Crippen LogP contribution is -2.63. The summed E-state index contributed by atoms with van der Waals surface area (Å²) in [4.78, 5) is 14.7. The van der Waals surface area contributed by atoms with Crippen molar-refractivity contribution in [1.29, 1.82) is 0 Å². The molecule has 4 nitrogen and oxygen atoms in total. The van der Waals surface area contributed by atoms with Gasteiger partial charge < -0.3 is 16.0 Å². The summed E-state index contributed by atoms with van der Waals surface area (Å²) in [7, 11) is 0. The first-order valence-electron chi connectivity index (χ1n) is 8.88. The number of primary amides is 1. The molecule has 0 aliphatic heterocycles. The summed E-state index contributed by atoms with van der Waals surface area (Å²) in [6.45, 7) is 10.4. The molecule has 1 aliphatic carbocycles. The monoisotopic (exact) mass is 297 g/mol. The Balaban J connectivity index is 2.76. The Morgan fingerprint density at radius 3 is 2.10 bits per heavy atom. The second-order valence-electron chi connectivity index (χ2n) is 6.52. The topological polar surface area (TPSA) is 58.4 Å². The SMILES string of the molecule is CCCCN(CCCC)CC(NCCC)(C(N)=O)C1CC1. The van der Waals surface area contributed by atoms with E-state index in [4.69, 9.17) is 5.73 Å². The van der Waals surface area contributed by atoms with Gasteiger partial charge in [-0.15, -0.1) is 0 Å². The fourth-order valence-corrected chi connectivity index (χ4v) is 3.01. The zero-order valence-electron chi connectivity index (χ0n) is 14.3. The average Bonchev–Trinajstić information content (AvgIpc) is 3.30. The van der Waals surface area contributed by atoms with E-state index in [1.54, 1.807) is 0 Å². The lowest BCUT2D eigenvalue weighted by atomic mass is 9.90. The largest absolute Gasteiger partial charge is 0.368 e. The van der Waals surface area contributed by atoms with Crippen LogP contribution in [0.4, 0.5) is 0 Å². The summed E-state index contributed by atoms with van der Waals surface area (Å²) in [5.74, 6) is 0.281. The molecule has 0 spiro atoms. The molecule has 1 rings (SSSR count). The van der Waals surface area contributed by atoms with E-state index >= 15 is 0 Å². The van der Waals surface area contributed by atoms with Crippen molar-refractivity contribution in [2.45, 2.75) is 71.3 Å². The van der Waals surface area contributed by atoms with Crippen LogP contribution in [0.3, 0.4) is 0 Å².